The number of ketones is 1. The first-order valence-electron chi connectivity index (χ1n) is 2.75. The van der Waals surface area contributed by atoms with Gasteiger partial charge in [0.05, 0.1) is 0 Å². The van der Waals surface area contributed by atoms with E-state index in [2.05, 4.69) is 4.98 Å². The number of hydrogen-bond donors (Lipinski definition) is 0. The summed E-state index contributed by atoms with van der Waals surface area (Å²) >= 11 is 0. The zero-order valence-corrected chi connectivity index (χ0v) is 5.24. The molecule has 0 saturated carbocycles. The molecule has 0 N–H and O–H groups in total. The lowest BCUT2D eigenvalue weighted by molar-refractivity contribution is 0.105. The molecular weight excluding hydrogens is 126 g/mol. The maximum absolute atomic E-state index is 10.7. The van der Waals surface area contributed by atoms with Crippen LogP contribution in [-0.4, -0.2) is 10.8 Å². The molecule has 10 heavy (non-hydrogen) atoms. The van der Waals surface area contributed by atoms with Gasteiger partial charge in [-0.05, 0) is 18.1 Å². The number of Topliss-reactive ketones (excluding diaryl/α,β-unsaturated/α-hetero) is 1. The van der Waals surface area contributed by atoms with E-state index < -0.39 is 0 Å². The first kappa shape index (κ1) is 6.50. The first-order valence-corrected chi connectivity index (χ1v) is 2.75. The molecule has 1 heterocycles. The van der Waals surface area contributed by atoms with E-state index in [1.807, 2.05) is 5.92 Å². The molecule has 0 aliphatic carbocycles. The second-order valence-corrected chi connectivity index (χ2v) is 1.71. The fourth-order valence-corrected chi connectivity index (χ4v) is 0.587. The molecular formula is C8H5NO. The second kappa shape index (κ2) is 2.79. The van der Waals surface area contributed by atoms with Gasteiger partial charge in [0.15, 0.2) is 0 Å². The van der Waals surface area contributed by atoms with Crippen LogP contribution in [-0.2, 0) is 0 Å². The average Bonchev–Trinajstić information content (AvgIpc) is 2.05. The topological polar surface area (TPSA) is 30.0 Å². The van der Waals surface area contributed by atoms with Crippen molar-refractivity contribution in [3.8, 4) is 12.3 Å². The highest BCUT2D eigenvalue weighted by atomic mass is 16.1. The SMILES string of the molecule is C#CC(=O)c1ccncc1. The third-order valence-corrected chi connectivity index (χ3v) is 1.07. The molecule has 2 heteroatoms. The summed E-state index contributed by atoms with van der Waals surface area (Å²) in [6, 6.07) is 3.17. The molecule has 0 saturated heterocycles. The maximum atomic E-state index is 10.7. The smallest absolute Gasteiger partial charge is 0.235 e. The first-order chi connectivity index (χ1) is 4.84. The summed E-state index contributed by atoms with van der Waals surface area (Å²) < 4.78 is 0. The standard InChI is InChI=1S/C8H5NO/c1-2-8(10)7-3-5-9-6-4-7/h1,3-6H. The van der Waals surface area contributed by atoms with E-state index in [0.29, 0.717) is 5.56 Å². The van der Waals surface area contributed by atoms with E-state index in [1.54, 1.807) is 12.1 Å². The predicted octanol–water partition coefficient (Wildman–Crippen LogP) is 0.897. The minimum atomic E-state index is -0.303. The van der Waals surface area contributed by atoms with Crippen molar-refractivity contribution >= 4 is 5.78 Å². The summed E-state index contributed by atoms with van der Waals surface area (Å²) in [7, 11) is 0. The van der Waals surface area contributed by atoms with Gasteiger partial charge in [0.25, 0.3) is 0 Å². The fourth-order valence-electron chi connectivity index (χ4n) is 0.587. The van der Waals surface area contributed by atoms with Crippen molar-refractivity contribution in [2.45, 2.75) is 0 Å². The molecule has 0 spiro atoms. The van der Waals surface area contributed by atoms with Gasteiger partial charge in [-0.2, -0.15) is 0 Å². The van der Waals surface area contributed by atoms with Gasteiger partial charge in [0.1, 0.15) is 0 Å². The molecule has 0 aliphatic heterocycles. The van der Waals surface area contributed by atoms with E-state index in [1.165, 1.54) is 12.4 Å². The Balaban J connectivity index is 2.99. The van der Waals surface area contributed by atoms with Crippen molar-refractivity contribution in [1.29, 1.82) is 0 Å². The largest absolute Gasteiger partial charge is 0.279 e. The number of pyridine rings is 1. The zero-order valence-electron chi connectivity index (χ0n) is 5.24. The summed E-state index contributed by atoms with van der Waals surface area (Å²) in [6.45, 7) is 0. The summed E-state index contributed by atoms with van der Waals surface area (Å²) in [6.07, 6.45) is 7.95. The number of nitrogens with zero attached hydrogens (tertiary/aromatic N) is 1. The minimum absolute atomic E-state index is 0.303. The molecule has 0 bridgehead atoms. The van der Waals surface area contributed by atoms with Crippen molar-refractivity contribution in [2.75, 3.05) is 0 Å². The molecule has 1 aromatic heterocycles. The molecule has 0 aromatic carbocycles. The van der Waals surface area contributed by atoms with Gasteiger partial charge < -0.3 is 0 Å². The van der Waals surface area contributed by atoms with Crippen LogP contribution < -0.4 is 0 Å². The second-order valence-electron chi connectivity index (χ2n) is 1.71. The molecule has 0 radical (unpaired) electrons. The molecule has 1 aromatic rings. The van der Waals surface area contributed by atoms with E-state index in [-0.39, 0.29) is 5.78 Å². The molecule has 0 unspecified atom stereocenters. The van der Waals surface area contributed by atoms with Crippen LogP contribution in [0, 0.1) is 12.3 Å². The molecule has 2 nitrogen and oxygen atoms in total. The minimum Gasteiger partial charge on any atom is -0.279 e. The molecule has 0 fully saturated rings. The van der Waals surface area contributed by atoms with Gasteiger partial charge in [-0.25, -0.2) is 0 Å². The summed E-state index contributed by atoms with van der Waals surface area (Å²) in [5.41, 5.74) is 0.512. The van der Waals surface area contributed by atoms with E-state index in [0.717, 1.165) is 0 Å². The monoisotopic (exact) mass is 131 g/mol. The highest BCUT2D eigenvalue weighted by Gasteiger charge is 1.97. The summed E-state index contributed by atoms with van der Waals surface area (Å²) in [4.78, 5) is 14.5. The van der Waals surface area contributed by atoms with Gasteiger partial charge in [-0.3, -0.25) is 9.78 Å². The third kappa shape index (κ3) is 1.20. The normalized spacial score (nSPS) is 8.30. The van der Waals surface area contributed by atoms with Crippen LogP contribution in [0.5, 0.6) is 0 Å². The predicted molar refractivity (Wildman–Crippen MR) is 37.4 cm³/mol. The van der Waals surface area contributed by atoms with Gasteiger partial charge in [0, 0.05) is 18.0 Å². The molecule has 48 valence electrons. The maximum Gasteiger partial charge on any atom is 0.235 e. The molecule has 0 amide bonds. The number of terminal acetylenes is 1. The van der Waals surface area contributed by atoms with E-state index in [4.69, 9.17) is 6.42 Å². The Morgan fingerprint density at radius 2 is 2.10 bits per heavy atom. The van der Waals surface area contributed by atoms with Gasteiger partial charge in [-0.15, -0.1) is 6.42 Å². The van der Waals surface area contributed by atoms with E-state index >= 15 is 0 Å². The van der Waals surface area contributed by atoms with Crippen LogP contribution in [0.15, 0.2) is 24.5 Å². The van der Waals surface area contributed by atoms with Gasteiger partial charge >= 0.3 is 0 Å². The van der Waals surface area contributed by atoms with Crippen LogP contribution in [0.25, 0.3) is 0 Å². The molecule has 0 aliphatic rings. The number of carbonyl (C=O) groups is 1. The van der Waals surface area contributed by atoms with Crippen molar-refractivity contribution in [1.82, 2.24) is 4.98 Å². The Hall–Kier alpha value is -1.62. The average molecular weight is 131 g/mol. The van der Waals surface area contributed by atoms with Crippen LogP contribution in [0.2, 0.25) is 0 Å². The Bertz CT molecular complexity index is 271. The Morgan fingerprint density at radius 1 is 1.50 bits per heavy atom. The Labute approximate surface area is 58.9 Å². The Morgan fingerprint density at radius 3 is 2.60 bits per heavy atom. The lowest BCUT2D eigenvalue weighted by atomic mass is 10.2. The number of hydrogen-bond acceptors (Lipinski definition) is 2. The Kier molecular flexibility index (Phi) is 1.81. The van der Waals surface area contributed by atoms with Crippen LogP contribution >= 0.6 is 0 Å². The van der Waals surface area contributed by atoms with Gasteiger partial charge in [0.2, 0.25) is 5.78 Å². The highest BCUT2D eigenvalue weighted by molar-refractivity contribution is 6.08. The number of aromatic nitrogens is 1. The number of carbonyl (C=O) groups excluding carboxylic acids is 1. The van der Waals surface area contributed by atoms with Gasteiger partial charge in [-0.1, -0.05) is 0 Å². The quantitative estimate of drug-likeness (QED) is 0.322. The van der Waals surface area contributed by atoms with Crippen LogP contribution in [0.3, 0.4) is 0 Å². The number of rotatable bonds is 1. The van der Waals surface area contributed by atoms with E-state index in [9.17, 15) is 4.79 Å². The third-order valence-electron chi connectivity index (χ3n) is 1.07. The van der Waals surface area contributed by atoms with Crippen molar-refractivity contribution in [2.24, 2.45) is 0 Å². The van der Waals surface area contributed by atoms with Crippen molar-refractivity contribution in [3.63, 3.8) is 0 Å². The molecule has 0 atom stereocenters. The zero-order chi connectivity index (χ0) is 7.40. The lowest BCUT2D eigenvalue weighted by Crippen LogP contribution is -1.92. The fraction of sp³-hybridized carbons (Fsp3) is 0. The lowest BCUT2D eigenvalue weighted by Gasteiger charge is -1.88. The summed E-state index contributed by atoms with van der Waals surface area (Å²) in [5.74, 6) is 1.71. The van der Waals surface area contributed by atoms with Crippen LogP contribution in [0.1, 0.15) is 10.4 Å². The molecule has 1 rings (SSSR count). The van der Waals surface area contributed by atoms with Crippen molar-refractivity contribution in [3.05, 3.63) is 30.1 Å². The van der Waals surface area contributed by atoms with Crippen molar-refractivity contribution < 1.29 is 4.79 Å². The summed E-state index contributed by atoms with van der Waals surface area (Å²) in [5, 5.41) is 0. The van der Waals surface area contributed by atoms with Crippen LogP contribution in [0.4, 0.5) is 0 Å². The highest BCUT2D eigenvalue weighted by Crippen LogP contribution is 1.95.